The van der Waals surface area contributed by atoms with Crippen LogP contribution in [0.4, 0.5) is 0 Å². The number of hydrogen-bond acceptors (Lipinski definition) is 9. The molecule has 1 aliphatic carbocycles. The molecule has 0 radical (unpaired) electrons. The average Bonchev–Trinajstić information content (AvgIpc) is 3.62. The van der Waals surface area contributed by atoms with E-state index in [1.807, 2.05) is 89.6 Å². The van der Waals surface area contributed by atoms with Crippen LogP contribution in [0, 0.1) is 0 Å². The van der Waals surface area contributed by atoms with Gasteiger partial charge in [0, 0.05) is 12.6 Å². The molecule has 0 unspecified atom stereocenters. The van der Waals surface area contributed by atoms with Gasteiger partial charge in [-0.05, 0) is 77.5 Å². The zero-order valence-corrected chi connectivity index (χ0v) is 32.5. The van der Waals surface area contributed by atoms with Gasteiger partial charge in [0.1, 0.15) is 53.1 Å². The molecule has 1 aliphatic heterocycles. The number of carbonyl (C=O) groups excluding carboxylic acids is 1. The smallest absolute Gasteiger partial charge is 0.192 e. The number of Topliss-reactive ketones (excluding diaryl/α,β-unsaturated/α-hetero) is 1. The summed E-state index contributed by atoms with van der Waals surface area (Å²) in [6, 6.07) is 25.7. The lowest BCUT2D eigenvalue weighted by Gasteiger charge is -2.40. The van der Waals surface area contributed by atoms with Crippen LogP contribution in [0.2, 0.25) is 18.1 Å². The summed E-state index contributed by atoms with van der Waals surface area (Å²) in [5.74, 6) is 1.45. The number of aliphatic hydroxyl groups excluding tert-OH is 1. The van der Waals surface area contributed by atoms with Gasteiger partial charge in [0.25, 0.3) is 0 Å². The summed E-state index contributed by atoms with van der Waals surface area (Å²) < 4.78 is 34.1. The molecule has 5 aromatic rings. The van der Waals surface area contributed by atoms with Crippen molar-refractivity contribution >= 4 is 25.1 Å². The van der Waals surface area contributed by atoms with Crippen molar-refractivity contribution in [1.29, 1.82) is 0 Å². The van der Waals surface area contributed by atoms with Crippen LogP contribution in [0.25, 0.3) is 11.0 Å². The van der Waals surface area contributed by atoms with E-state index in [1.54, 1.807) is 14.2 Å². The van der Waals surface area contributed by atoms with E-state index < -0.39 is 38.5 Å². The van der Waals surface area contributed by atoms with Gasteiger partial charge in [-0.15, -0.1) is 0 Å². The van der Waals surface area contributed by atoms with E-state index in [0.717, 1.165) is 45.6 Å². The van der Waals surface area contributed by atoms with Crippen molar-refractivity contribution in [3.8, 4) is 11.5 Å². The lowest BCUT2D eigenvalue weighted by atomic mass is 9.80. The molecule has 2 aromatic heterocycles. The number of aliphatic hydroxyl groups is 1. The van der Waals surface area contributed by atoms with E-state index >= 15 is 0 Å². The third-order valence-electron chi connectivity index (χ3n) is 11.3. The van der Waals surface area contributed by atoms with Crippen molar-refractivity contribution in [1.82, 2.24) is 14.5 Å². The van der Waals surface area contributed by atoms with E-state index in [4.69, 9.17) is 23.4 Å². The highest BCUT2D eigenvalue weighted by atomic mass is 28.4. The fraction of sp³-hybridized carbons (Fsp3) is 0.405. The number of carbonyl (C=O) groups is 1. The van der Waals surface area contributed by atoms with Crippen molar-refractivity contribution in [3.63, 3.8) is 0 Å². The van der Waals surface area contributed by atoms with Crippen LogP contribution in [0.3, 0.4) is 0 Å². The maximum Gasteiger partial charge on any atom is 0.192 e. The first-order chi connectivity index (χ1) is 25.4. The number of benzene rings is 3. The SMILES string of the molecule is COc1ccc(C(OC[C@H]2O[C@@H](n3cc4c5c(ncnc53)C(=O)CCC4)[C@H](O[Si](C)(C)C(C)(C)C)[C@@H]2O)(c2ccccc2)c2ccc(OC)cc2)cc1. The number of aromatic nitrogens is 3. The van der Waals surface area contributed by atoms with E-state index in [2.05, 4.69) is 43.8 Å². The van der Waals surface area contributed by atoms with Gasteiger partial charge in [-0.2, -0.15) is 0 Å². The van der Waals surface area contributed by atoms with Gasteiger partial charge in [-0.1, -0.05) is 75.4 Å². The molecule has 10 nitrogen and oxygen atoms in total. The van der Waals surface area contributed by atoms with Gasteiger partial charge in [0.05, 0.1) is 26.2 Å². The summed E-state index contributed by atoms with van der Waals surface area (Å²) in [6.07, 6.45) is 2.02. The second-order valence-electron chi connectivity index (χ2n) is 15.5. The number of rotatable bonds is 11. The van der Waals surface area contributed by atoms with Gasteiger partial charge in [0.2, 0.25) is 0 Å². The molecule has 0 bridgehead atoms. The third kappa shape index (κ3) is 6.70. The van der Waals surface area contributed by atoms with Crippen molar-refractivity contribution in [2.75, 3.05) is 20.8 Å². The molecular weight excluding hydrogens is 687 g/mol. The predicted octanol–water partition coefficient (Wildman–Crippen LogP) is 7.62. The molecule has 278 valence electrons. The minimum absolute atomic E-state index is 0.0101. The zero-order chi connectivity index (χ0) is 37.5. The maximum atomic E-state index is 13.1. The molecular formula is C42H49N3O7Si. The predicted molar refractivity (Wildman–Crippen MR) is 205 cm³/mol. The molecule has 3 heterocycles. The maximum absolute atomic E-state index is 13.1. The lowest BCUT2D eigenvalue weighted by molar-refractivity contribution is -0.0939. The second-order valence-corrected chi connectivity index (χ2v) is 20.2. The second kappa shape index (κ2) is 14.4. The fourth-order valence-electron chi connectivity index (χ4n) is 7.32. The van der Waals surface area contributed by atoms with Crippen molar-refractivity contribution < 1.29 is 33.3 Å². The molecule has 3 aromatic carbocycles. The Bertz CT molecular complexity index is 2010. The molecule has 1 N–H and O–H groups in total. The molecule has 7 rings (SSSR count). The Morgan fingerprint density at radius 1 is 0.868 bits per heavy atom. The zero-order valence-electron chi connectivity index (χ0n) is 31.5. The number of nitrogens with zero attached hydrogens (tertiary/aromatic N) is 3. The van der Waals surface area contributed by atoms with Crippen LogP contribution >= 0.6 is 0 Å². The lowest BCUT2D eigenvalue weighted by Crippen LogP contribution is -2.49. The Morgan fingerprint density at radius 2 is 1.47 bits per heavy atom. The molecule has 1 fully saturated rings. The van der Waals surface area contributed by atoms with Gasteiger partial charge in [-0.3, -0.25) is 4.79 Å². The number of methoxy groups -OCH3 is 2. The third-order valence-corrected chi connectivity index (χ3v) is 15.7. The van der Waals surface area contributed by atoms with Crippen LogP contribution < -0.4 is 9.47 Å². The molecule has 53 heavy (non-hydrogen) atoms. The number of hydrogen-bond donors (Lipinski definition) is 1. The number of aryl methyl sites for hydroxylation is 1. The monoisotopic (exact) mass is 735 g/mol. The van der Waals surface area contributed by atoms with E-state index in [1.165, 1.54) is 6.33 Å². The van der Waals surface area contributed by atoms with Crippen LogP contribution in [0.15, 0.2) is 91.4 Å². The standard InChI is InChI=1S/C42H49N3O7Si/c1-41(2,3)53(6,7)52-38-37(47)34(51-40(38)45-24-27-12-11-15-33(46)36-35(27)39(45)44-26-43-36)25-50-42(28-13-9-8-10-14-28,29-16-20-31(48-4)21-17-29)30-18-22-32(49-5)23-19-30/h8-10,13-14,16-24,26,34,37-38,40,47H,11-12,15,25H2,1-7H3/t34-,37-,38-,40-/m1/s1. The van der Waals surface area contributed by atoms with Crippen molar-refractivity contribution in [2.24, 2.45) is 0 Å². The molecule has 1 saturated heterocycles. The van der Waals surface area contributed by atoms with E-state index in [0.29, 0.717) is 24.2 Å². The molecule has 0 spiro atoms. The Kier molecular flexibility index (Phi) is 10.1. The topological polar surface area (TPSA) is 114 Å². The summed E-state index contributed by atoms with van der Waals surface area (Å²) in [5.41, 5.74) is 3.56. The first kappa shape index (κ1) is 36.9. The fourth-order valence-corrected chi connectivity index (χ4v) is 8.61. The average molecular weight is 736 g/mol. The molecule has 11 heteroatoms. The van der Waals surface area contributed by atoms with Crippen molar-refractivity contribution in [3.05, 3.63) is 119 Å². The first-order valence-corrected chi connectivity index (χ1v) is 21.2. The largest absolute Gasteiger partial charge is 0.497 e. The van der Waals surface area contributed by atoms with Gasteiger partial charge in [-0.25, -0.2) is 9.97 Å². The minimum atomic E-state index is -2.44. The van der Waals surface area contributed by atoms with Crippen LogP contribution in [0.5, 0.6) is 11.5 Å². The van der Waals surface area contributed by atoms with Gasteiger partial charge < -0.3 is 33.0 Å². The highest BCUT2D eigenvalue weighted by Crippen LogP contribution is 2.46. The number of ether oxygens (including phenoxy) is 4. The van der Waals surface area contributed by atoms with E-state index in [-0.39, 0.29) is 17.4 Å². The highest BCUT2D eigenvalue weighted by molar-refractivity contribution is 6.74. The summed E-state index contributed by atoms with van der Waals surface area (Å²) in [5, 5.41) is 12.9. The van der Waals surface area contributed by atoms with Crippen LogP contribution in [-0.2, 0) is 25.9 Å². The van der Waals surface area contributed by atoms with E-state index in [9.17, 15) is 9.90 Å². The number of ketones is 1. The molecule has 0 amide bonds. The Hall–Kier alpha value is -4.39. The van der Waals surface area contributed by atoms with Crippen LogP contribution in [-0.4, -0.2) is 72.9 Å². The van der Waals surface area contributed by atoms with Crippen LogP contribution in [0.1, 0.15) is 72.6 Å². The minimum Gasteiger partial charge on any atom is -0.497 e. The van der Waals surface area contributed by atoms with Gasteiger partial charge >= 0.3 is 0 Å². The molecule has 4 atom stereocenters. The Labute approximate surface area is 312 Å². The highest BCUT2D eigenvalue weighted by Gasteiger charge is 2.52. The summed E-state index contributed by atoms with van der Waals surface area (Å²) >= 11 is 0. The summed E-state index contributed by atoms with van der Waals surface area (Å²) in [7, 11) is 0.844. The van der Waals surface area contributed by atoms with Gasteiger partial charge in [0.15, 0.2) is 20.3 Å². The van der Waals surface area contributed by atoms with Crippen molar-refractivity contribution in [2.45, 2.75) is 88.3 Å². The first-order valence-electron chi connectivity index (χ1n) is 18.3. The molecule has 0 saturated carbocycles. The Morgan fingerprint density at radius 3 is 2.06 bits per heavy atom. The summed E-state index contributed by atoms with van der Waals surface area (Å²) in [4.78, 5) is 22.1. The Balaban J connectivity index is 1.32. The molecule has 2 aliphatic rings. The summed E-state index contributed by atoms with van der Waals surface area (Å²) in [6.45, 7) is 10.9. The normalized spacial score (nSPS) is 20.8. The quantitative estimate of drug-likeness (QED) is 0.108.